The predicted octanol–water partition coefficient (Wildman–Crippen LogP) is 2.95. The molecule has 8 heteroatoms. The number of halogens is 1. The van der Waals surface area contributed by atoms with Crippen LogP contribution in [0.2, 0.25) is 5.02 Å². The van der Waals surface area contributed by atoms with Gasteiger partial charge < -0.3 is 10.1 Å². The number of rotatable bonds is 5. The van der Waals surface area contributed by atoms with Crippen molar-refractivity contribution in [2.45, 2.75) is 13.5 Å². The molecule has 0 fully saturated rings. The normalized spacial score (nSPS) is 10.5. The van der Waals surface area contributed by atoms with Crippen LogP contribution in [0, 0.1) is 6.92 Å². The first-order chi connectivity index (χ1) is 12.0. The molecule has 3 rings (SSSR count). The summed E-state index contributed by atoms with van der Waals surface area (Å²) in [6, 6.07) is 12.7. The van der Waals surface area contributed by atoms with E-state index in [2.05, 4.69) is 20.7 Å². The van der Waals surface area contributed by atoms with Gasteiger partial charge in [0.05, 0.1) is 17.8 Å². The Hall–Kier alpha value is -2.93. The van der Waals surface area contributed by atoms with E-state index in [1.165, 1.54) is 4.80 Å². The fourth-order valence-corrected chi connectivity index (χ4v) is 2.51. The van der Waals surface area contributed by atoms with Crippen molar-refractivity contribution in [2.24, 2.45) is 0 Å². The number of aromatic nitrogens is 4. The molecule has 25 heavy (non-hydrogen) atoms. The number of tetrazole rings is 1. The number of ether oxygens (including phenoxy) is 1. The van der Waals surface area contributed by atoms with E-state index in [0.29, 0.717) is 22.3 Å². The number of methoxy groups -OCH3 is 1. The smallest absolute Gasteiger partial charge is 0.248 e. The minimum Gasteiger partial charge on any atom is -0.497 e. The van der Waals surface area contributed by atoms with Crippen LogP contribution < -0.4 is 10.1 Å². The average molecular weight is 358 g/mol. The summed E-state index contributed by atoms with van der Waals surface area (Å²) in [6.45, 7) is 1.86. The molecule has 0 radical (unpaired) electrons. The van der Waals surface area contributed by atoms with Crippen molar-refractivity contribution in [3.8, 4) is 17.1 Å². The van der Waals surface area contributed by atoms with E-state index in [-0.39, 0.29) is 12.5 Å². The maximum Gasteiger partial charge on any atom is 0.248 e. The fraction of sp³-hybridized carbons (Fsp3) is 0.176. The lowest BCUT2D eigenvalue weighted by Gasteiger charge is -2.07. The van der Waals surface area contributed by atoms with Crippen molar-refractivity contribution in [1.29, 1.82) is 0 Å². The van der Waals surface area contributed by atoms with Gasteiger partial charge in [-0.25, -0.2) is 0 Å². The molecule has 1 N–H and O–H groups in total. The number of hydrogen-bond donors (Lipinski definition) is 1. The zero-order valence-electron chi connectivity index (χ0n) is 13.7. The molecule has 1 heterocycles. The van der Waals surface area contributed by atoms with Crippen LogP contribution in [-0.4, -0.2) is 33.2 Å². The quantitative estimate of drug-likeness (QED) is 0.759. The summed E-state index contributed by atoms with van der Waals surface area (Å²) < 4.78 is 5.17. The monoisotopic (exact) mass is 357 g/mol. The van der Waals surface area contributed by atoms with Gasteiger partial charge in [0.1, 0.15) is 12.3 Å². The van der Waals surface area contributed by atoms with Gasteiger partial charge in [-0.3, -0.25) is 4.79 Å². The highest BCUT2D eigenvalue weighted by molar-refractivity contribution is 6.33. The van der Waals surface area contributed by atoms with Gasteiger partial charge in [0, 0.05) is 5.56 Å². The van der Waals surface area contributed by atoms with Crippen LogP contribution in [0.1, 0.15) is 5.56 Å². The van der Waals surface area contributed by atoms with E-state index >= 15 is 0 Å². The van der Waals surface area contributed by atoms with Crippen LogP contribution in [0.5, 0.6) is 5.75 Å². The molecule has 7 nitrogen and oxygen atoms in total. The summed E-state index contributed by atoms with van der Waals surface area (Å²) in [5, 5.41) is 15.3. The van der Waals surface area contributed by atoms with Crippen molar-refractivity contribution in [3.05, 3.63) is 53.1 Å². The molecule has 2 aromatic carbocycles. The number of amides is 1. The average Bonchev–Trinajstić information content (AvgIpc) is 3.06. The summed E-state index contributed by atoms with van der Waals surface area (Å²) >= 11 is 6.11. The minimum atomic E-state index is -0.291. The van der Waals surface area contributed by atoms with Crippen LogP contribution in [0.25, 0.3) is 11.4 Å². The third kappa shape index (κ3) is 4.13. The topological polar surface area (TPSA) is 81.9 Å². The molecular weight excluding hydrogens is 342 g/mol. The molecular formula is C17H16ClN5O2. The highest BCUT2D eigenvalue weighted by atomic mass is 35.5. The minimum absolute atomic E-state index is 0.0683. The zero-order valence-corrected chi connectivity index (χ0v) is 14.5. The van der Waals surface area contributed by atoms with Crippen LogP contribution >= 0.6 is 11.6 Å². The second-order valence-corrected chi connectivity index (χ2v) is 5.81. The number of aryl methyl sites for hydroxylation is 1. The first kappa shape index (κ1) is 16.9. The van der Waals surface area contributed by atoms with Crippen molar-refractivity contribution in [3.63, 3.8) is 0 Å². The van der Waals surface area contributed by atoms with E-state index in [1.807, 2.05) is 31.2 Å². The first-order valence-corrected chi connectivity index (χ1v) is 7.91. The standard InChI is InChI=1S/C17H16ClN5O2/c1-11-6-7-15(14(18)8-11)19-16(24)10-23-21-17(20-22-23)12-4-3-5-13(9-12)25-2/h3-9H,10H2,1-2H3,(H,19,24). The van der Waals surface area contributed by atoms with E-state index < -0.39 is 0 Å². The molecule has 0 spiro atoms. The van der Waals surface area contributed by atoms with Crippen molar-refractivity contribution in [1.82, 2.24) is 20.2 Å². The Bertz CT molecular complexity index is 910. The van der Waals surface area contributed by atoms with E-state index in [4.69, 9.17) is 16.3 Å². The molecule has 0 aliphatic rings. The Morgan fingerprint density at radius 1 is 1.28 bits per heavy atom. The molecule has 0 atom stereocenters. The number of carbonyl (C=O) groups excluding carboxylic acids is 1. The number of hydrogen-bond acceptors (Lipinski definition) is 5. The van der Waals surface area contributed by atoms with Gasteiger partial charge in [0.2, 0.25) is 11.7 Å². The number of carbonyl (C=O) groups is 1. The van der Waals surface area contributed by atoms with Crippen LogP contribution in [0.15, 0.2) is 42.5 Å². The van der Waals surface area contributed by atoms with Crippen molar-refractivity contribution in [2.75, 3.05) is 12.4 Å². The summed E-state index contributed by atoms with van der Waals surface area (Å²) in [5.41, 5.74) is 2.32. The molecule has 1 amide bonds. The van der Waals surface area contributed by atoms with Gasteiger partial charge in [-0.2, -0.15) is 4.80 Å². The first-order valence-electron chi connectivity index (χ1n) is 7.53. The Balaban J connectivity index is 1.69. The van der Waals surface area contributed by atoms with Gasteiger partial charge in [-0.15, -0.1) is 10.2 Å². The molecule has 1 aromatic heterocycles. The Morgan fingerprint density at radius 2 is 2.12 bits per heavy atom. The highest BCUT2D eigenvalue weighted by Crippen LogP contribution is 2.23. The van der Waals surface area contributed by atoms with Gasteiger partial charge in [0.25, 0.3) is 0 Å². The van der Waals surface area contributed by atoms with Gasteiger partial charge in [-0.1, -0.05) is 29.8 Å². The Kier molecular flexibility index (Phi) is 4.95. The maximum absolute atomic E-state index is 12.1. The SMILES string of the molecule is COc1cccc(-c2nnn(CC(=O)Nc3ccc(C)cc3Cl)n2)c1. The largest absolute Gasteiger partial charge is 0.497 e. The highest BCUT2D eigenvalue weighted by Gasteiger charge is 2.11. The van der Waals surface area contributed by atoms with E-state index in [9.17, 15) is 4.79 Å². The van der Waals surface area contributed by atoms with Gasteiger partial charge >= 0.3 is 0 Å². The van der Waals surface area contributed by atoms with Crippen LogP contribution in [-0.2, 0) is 11.3 Å². The van der Waals surface area contributed by atoms with Crippen LogP contribution in [0.4, 0.5) is 5.69 Å². The Labute approximate surface area is 149 Å². The summed E-state index contributed by atoms with van der Waals surface area (Å²) in [7, 11) is 1.59. The lowest BCUT2D eigenvalue weighted by atomic mass is 10.2. The number of nitrogens with zero attached hydrogens (tertiary/aromatic N) is 4. The summed E-state index contributed by atoms with van der Waals surface area (Å²) in [6.07, 6.45) is 0. The molecule has 0 aliphatic carbocycles. The van der Waals surface area contributed by atoms with Gasteiger partial charge in [0.15, 0.2) is 0 Å². The van der Waals surface area contributed by atoms with E-state index in [1.54, 1.807) is 25.3 Å². The molecule has 3 aromatic rings. The van der Waals surface area contributed by atoms with Gasteiger partial charge in [-0.05, 0) is 42.0 Å². The molecule has 0 bridgehead atoms. The van der Waals surface area contributed by atoms with E-state index in [0.717, 1.165) is 11.1 Å². The second-order valence-electron chi connectivity index (χ2n) is 5.41. The molecule has 128 valence electrons. The lowest BCUT2D eigenvalue weighted by Crippen LogP contribution is -2.20. The zero-order chi connectivity index (χ0) is 17.8. The second kappa shape index (κ2) is 7.31. The fourth-order valence-electron chi connectivity index (χ4n) is 2.23. The Morgan fingerprint density at radius 3 is 2.88 bits per heavy atom. The number of benzene rings is 2. The molecule has 0 unspecified atom stereocenters. The summed E-state index contributed by atoms with van der Waals surface area (Å²) in [5.74, 6) is 0.820. The number of anilines is 1. The van der Waals surface area contributed by atoms with Crippen molar-refractivity contribution >= 4 is 23.2 Å². The van der Waals surface area contributed by atoms with Crippen molar-refractivity contribution < 1.29 is 9.53 Å². The maximum atomic E-state index is 12.1. The third-order valence-electron chi connectivity index (χ3n) is 3.46. The molecule has 0 saturated heterocycles. The molecule has 0 aliphatic heterocycles. The van der Waals surface area contributed by atoms with Crippen LogP contribution in [0.3, 0.4) is 0 Å². The summed E-state index contributed by atoms with van der Waals surface area (Å²) in [4.78, 5) is 13.4. The predicted molar refractivity (Wildman–Crippen MR) is 94.6 cm³/mol. The lowest BCUT2D eigenvalue weighted by molar-refractivity contribution is -0.117. The third-order valence-corrected chi connectivity index (χ3v) is 3.78. The number of nitrogens with one attached hydrogen (secondary N) is 1. The molecule has 0 saturated carbocycles.